The van der Waals surface area contributed by atoms with Crippen LogP contribution in [0.3, 0.4) is 0 Å². The van der Waals surface area contributed by atoms with Gasteiger partial charge in [0, 0.05) is 11.7 Å². The lowest BCUT2D eigenvalue weighted by atomic mass is 10.1. The van der Waals surface area contributed by atoms with Gasteiger partial charge in [-0.05, 0) is 44.9 Å². The average Bonchev–Trinajstić information content (AvgIpc) is 2.33. The van der Waals surface area contributed by atoms with Gasteiger partial charge < -0.3 is 10.6 Å². The normalized spacial score (nSPS) is 13.8. The smallest absolute Gasteiger partial charge is 0.242 e. The number of benzene rings is 1. The summed E-state index contributed by atoms with van der Waals surface area (Å²) in [6.07, 6.45) is 0.886. The minimum Gasteiger partial charge on any atom is -0.374 e. The SMILES string of the molecule is CCC(C)NC(=O)C(C)Nc1cc(F)ccc1C. The molecule has 0 aliphatic carbocycles. The largest absolute Gasteiger partial charge is 0.374 e. The van der Waals surface area contributed by atoms with Crippen LogP contribution < -0.4 is 10.6 Å². The standard InChI is InChI=1S/C14H21FN2O/c1-5-10(3)16-14(18)11(4)17-13-8-12(15)7-6-9(13)2/h6-8,10-11,17H,5H2,1-4H3,(H,16,18). The molecule has 4 heteroatoms. The molecule has 2 atom stereocenters. The number of anilines is 1. The first-order valence-corrected chi connectivity index (χ1v) is 6.27. The lowest BCUT2D eigenvalue weighted by molar-refractivity contribution is -0.122. The van der Waals surface area contributed by atoms with Crippen LogP contribution in [-0.4, -0.2) is 18.0 Å². The number of hydrogen-bond donors (Lipinski definition) is 2. The molecule has 3 nitrogen and oxygen atoms in total. The average molecular weight is 252 g/mol. The lowest BCUT2D eigenvalue weighted by Crippen LogP contribution is -2.41. The Hall–Kier alpha value is -1.58. The molecule has 0 aromatic heterocycles. The van der Waals surface area contributed by atoms with Gasteiger partial charge in [-0.15, -0.1) is 0 Å². The summed E-state index contributed by atoms with van der Waals surface area (Å²) in [7, 11) is 0. The predicted molar refractivity (Wildman–Crippen MR) is 72.1 cm³/mol. The van der Waals surface area contributed by atoms with Crippen LogP contribution in [0.4, 0.5) is 10.1 Å². The van der Waals surface area contributed by atoms with Crippen LogP contribution in [0, 0.1) is 12.7 Å². The van der Waals surface area contributed by atoms with E-state index in [0.717, 1.165) is 12.0 Å². The number of amides is 1. The van der Waals surface area contributed by atoms with Gasteiger partial charge >= 0.3 is 0 Å². The predicted octanol–water partition coefficient (Wildman–Crippen LogP) is 2.85. The van der Waals surface area contributed by atoms with Gasteiger partial charge in [-0.25, -0.2) is 4.39 Å². The summed E-state index contributed by atoms with van der Waals surface area (Å²) in [6.45, 7) is 7.61. The fourth-order valence-corrected chi connectivity index (χ4v) is 1.52. The van der Waals surface area contributed by atoms with Crippen LogP contribution in [-0.2, 0) is 4.79 Å². The number of rotatable bonds is 5. The van der Waals surface area contributed by atoms with E-state index in [-0.39, 0.29) is 23.8 Å². The molecule has 0 saturated carbocycles. The monoisotopic (exact) mass is 252 g/mol. The summed E-state index contributed by atoms with van der Waals surface area (Å²) >= 11 is 0. The molecule has 0 bridgehead atoms. The Labute approximate surface area is 108 Å². The maximum Gasteiger partial charge on any atom is 0.242 e. The molecule has 18 heavy (non-hydrogen) atoms. The fraction of sp³-hybridized carbons (Fsp3) is 0.500. The van der Waals surface area contributed by atoms with Gasteiger partial charge in [-0.1, -0.05) is 13.0 Å². The van der Waals surface area contributed by atoms with E-state index in [1.165, 1.54) is 12.1 Å². The maximum atomic E-state index is 13.1. The summed E-state index contributed by atoms with van der Waals surface area (Å²) < 4.78 is 13.1. The van der Waals surface area contributed by atoms with Gasteiger partial charge in [0.2, 0.25) is 5.91 Å². The van der Waals surface area contributed by atoms with Crippen molar-refractivity contribution in [1.29, 1.82) is 0 Å². The zero-order valence-electron chi connectivity index (χ0n) is 11.4. The second-order valence-corrected chi connectivity index (χ2v) is 4.64. The number of nitrogens with one attached hydrogen (secondary N) is 2. The summed E-state index contributed by atoms with van der Waals surface area (Å²) in [4.78, 5) is 11.8. The Balaban J connectivity index is 2.66. The van der Waals surface area contributed by atoms with Crippen LogP contribution in [0.25, 0.3) is 0 Å². The first-order chi connectivity index (χ1) is 8.43. The third-order valence-electron chi connectivity index (χ3n) is 2.97. The molecule has 2 N–H and O–H groups in total. The molecular weight excluding hydrogens is 231 g/mol. The first-order valence-electron chi connectivity index (χ1n) is 6.27. The van der Waals surface area contributed by atoms with Crippen molar-refractivity contribution in [2.75, 3.05) is 5.32 Å². The molecule has 0 aliphatic rings. The molecule has 2 unspecified atom stereocenters. The molecule has 0 fully saturated rings. The maximum absolute atomic E-state index is 13.1. The highest BCUT2D eigenvalue weighted by molar-refractivity contribution is 5.84. The summed E-state index contributed by atoms with van der Waals surface area (Å²) in [5.74, 6) is -0.384. The number of halogens is 1. The molecule has 0 aliphatic heterocycles. The van der Waals surface area contributed by atoms with Gasteiger partial charge in [0.15, 0.2) is 0 Å². The van der Waals surface area contributed by atoms with Crippen molar-refractivity contribution in [3.63, 3.8) is 0 Å². The third-order valence-corrected chi connectivity index (χ3v) is 2.97. The van der Waals surface area contributed by atoms with Gasteiger partial charge in [-0.3, -0.25) is 4.79 Å². The number of carbonyl (C=O) groups is 1. The first kappa shape index (κ1) is 14.5. The molecular formula is C14H21FN2O. The quantitative estimate of drug-likeness (QED) is 0.846. The van der Waals surface area contributed by atoms with E-state index >= 15 is 0 Å². The summed E-state index contributed by atoms with van der Waals surface area (Å²) in [6, 6.07) is 4.26. The van der Waals surface area contributed by atoms with E-state index in [0.29, 0.717) is 5.69 Å². The van der Waals surface area contributed by atoms with Crippen LogP contribution in [0.15, 0.2) is 18.2 Å². The number of hydrogen-bond acceptors (Lipinski definition) is 2. The molecule has 100 valence electrons. The van der Waals surface area contributed by atoms with Crippen molar-refractivity contribution in [2.45, 2.75) is 46.2 Å². The minimum atomic E-state index is -0.389. The molecule has 0 spiro atoms. The van der Waals surface area contributed by atoms with Crippen LogP contribution in [0.1, 0.15) is 32.8 Å². The minimum absolute atomic E-state index is 0.0759. The van der Waals surface area contributed by atoms with E-state index in [2.05, 4.69) is 10.6 Å². The number of aryl methyl sites for hydroxylation is 1. The zero-order chi connectivity index (χ0) is 13.7. The van der Waals surface area contributed by atoms with E-state index in [1.54, 1.807) is 13.0 Å². The highest BCUT2D eigenvalue weighted by Crippen LogP contribution is 2.16. The van der Waals surface area contributed by atoms with Crippen LogP contribution in [0.5, 0.6) is 0 Å². The molecule has 1 rings (SSSR count). The van der Waals surface area contributed by atoms with E-state index in [9.17, 15) is 9.18 Å². The molecule has 1 aromatic rings. The van der Waals surface area contributed by atoms with E-state index in [1.807, 2.05) is 20.8 Å². The topological polar surface area (TPSA) is 41.1 Å². The van der Waals surface area contributed by atoms with Gasteiger partial charge in [0.25, 0.3) is 0 Å². The van der Waals surface area contributed by atoms with E-state index in [4.69, 9.17) is 0 Å². The van der Waals surface area contributed by atoms with Crippen molar-refractivity contribution >= 4 is 11.6 Å². The Kier molecular flexibility index (Phi) is 5.13. The summed E-state index contributed by atoms with van der Waals surface area (Å²) in [5.41, 5.74) is 1.57. The highest BCUT2D eigenvalue weighted by Gasteiger charge is 2.15. The van der Waals surface area contributed by atoms with Gasteiger partial charge in [0.1, 0.15) is 11.9 Å². The second-order valence-electron chi connectivity index (χ2n) is 4.64. The zero-order valence-corrected chi connectivity index (χ0v) is 11.4. The molecule has 1 amide bonds. The Morgan fingerprint density at radius 3 is 2.67 bits per heavy atom. The Bertz CT molecular complexity index is 420. The second kappa shape index (κ2) is 6.38. The van der Waals surface area contributed by atoms with Gasteiger partial charge in [-0.2, -0.15) is 0 Å². The summed E-state index contributed by atoms with van der Waals surface area (Å²) in [5, 5.41) is 5.92. The van der Waals surface area contributed by atoms with Gasteiger partial charge in [0.05, 0.1) is 0 Å². The fourth-order valence-electron chi connectivity index (χ4n) is 1.52. The van der Waals surface area contributed by atoms with Crippen molar-refractivity contribution in [2.24, 2.45) is 0 Å². The Morgan fingerprint density at radius 2 is 2.06 bits per heavy atom. The Morgan fingerprint density at radius 1 is 1.39 bits per heavy atom. The molecule has 0 radical (unpaired) electrons. The molecule has 0 heterocycles. The number of carbonyl (C=O) groups excluding carboxylic acids is 1. The van der Waals surface area contributed by atoms with Crippen molar-refractivity contribution < 1.29 is 9.18 Å². The van der Waals surface area contributed by atoms with Crippen LogP contribution in [0.2, 0.25) is 0 Å². The molecule has 0 saturated heterocycles. The van der Waals surface area contributed by atoms with Crippen molar-refractivity contribution in [3.05, 3.63) is 29.6 Å². The highest BCUT2D eigenvalue weighted by atomic mass is 19.1. The van der Waals surface area contributed by atoms with E-state index < -0.39 is 0 Å². The van der Waals surface area contributed by atoms with Crippen molar-refractivity contribution in [3.8, 4) is 0 Å². The third kappa shape index (κ3) is 4.02. The lowest BCUT2D eigenvalue weighted by Gasteiger charge is -2.19. The van der Waals surface area contributed by atoms with Crippen LogP contribution >= 0.6 is 0 Å². The van der Waals surface area contributed by atoms with Crippen molar-refractivity contribution in [1.82, 2.24) is 5.32 Å². The molecule has 1 aromatic carbocycles.